The first-order valence-electron chi connectivity index (χ1n) is 7.13. The predicted octanol–water partition coefficient (Wildman–Crippen LogP) is 1.82. The van der Waals surface area contributed by atoms with Crippen molar-refractivity contribution in [2.75, 3.05) is 18.0 Å². The first-order chi connectivity index (χ1) is 10.3. The lowest BCUT2D eigenvalue weighted by Crippen LogP contribution is -2.21. The van der Waals surface area contributed by atoms with Crippen molar-refractivity contribution in [3.8, 4) is 0 Å². The summed E-state index contributed by atoms with van der Waals surface area (Å²) in [5, 5.41) is 0. The van der Waals surface area contributed by atoms with Gasteiger partial charge in [0.15, 0.2) is 0 Å². The SMILES string of the molecule is Cc1cc(N2CC[C@@H](c3ccnc4nccn34)C2)ncn1. The molecule has 4 rings (SSSR count). The molecular weight excluding hydrogens is 264 g/mol. The van der Waals surface area contributed by atoms with Gasteiger partial charge in [0.1, 0.15) is 12.1 Å². The summed E-state index contributed by atoms with van der Waals surface area (Å²) < 4.78 is 2.08. The number of anilines is 1. The van der Waals surface area contributed by atoms with Crippen LogP contribution in [0.15, 0.2) is 37.1 Å². The highest BCUT2D eigenvalue weighted by atomic mass is 15.2. The molecule has 106 valence electrons. The van der Waals surface area contributed by atoms with E-state index < -0.39 is 0 Å². The van der Waals surface area contributed by atoms with Crippen LogP contribution in [-0.2, 0) is 0 Å². The average molecular weight is 280 g/mol. The fraction of sp³-hybridized carbons (Fsp3) is 0.333. The average Bonchev–Trinajstić information content (AvgIpc) is 3.16. The van der Waals surface area contributed by atoms with Crippen LogP contribution in [-0.4, -0.2) is 37.4 Å². The van der Waals surface area contributed by atoms with Crippen LogP contribution in [0.1, 0.15) is 23.7 Å². The van der Waals surface area contributed by atoms with E-state index in [0.717, 1.165) is 36.8 Å². The fourth-order valence-electron chi connectivity index (χ4n) is 3.01. The lowest BCUT2D eigenvalue weighted by Gasteiger charge is -2.18. The first-order valence-corrected chi connectivity index (χ1v) is 7.13. The number of fused-ring (bicyclic) bond motifs is 1. The summed E-state index contributed by atoms with van der Waals surface area (Å²) in [5.74, 6) is 2.25. The summed E-state index contributed by atoms with van der Waals surface area (Å²) in [7, 11) is 0. The Kier molecular flexibility index (Phi) is 2.80. The zero-order valence-electron chi connectivity index (χ0n) is 11.8. The Labute approximate surface area is 122 Å². The van der Waals surface area contributed by atoms with E-state index in [4.69, 9.17) is 0 Å². The number of aryl methyl sites for hydroxylation is 1. The van der Waals surface area contributed by atoms with Gasteiger partial charge in [-0.2, -0.15) is 0 Å². The third kappa shape index (κ3) is 2.12. The Bertz CT molecular complexity index is 780. The van der Waals surface area contributed by atoms with Gasteiger partial charge in [-0.3, -0.25) is 4.40 Å². The first kappa shape index (κ1) is 12.3. The minimum atomic E-state index is 0.472. The van der Waals surface area contributed by atoms with E-state index in [-0.39, 0.29) is 0 Å². The highest BCUT2D eigenvalue weighted by molar-refractivity contribution is 5.42. The summed E-state index contributed by atoms with van der Waals surface area (Å²) in [6.07, 6.45) is 8.37. The molecule has 6 heteroatoms. The molecule has 0 N–H and O–H groups in total. The van der Waals surface area contributed by atoms with E-state index >= 15 is 0 Å². The maximum Gasteiger partial charge on any atom is 0.233 e. The van der Waals surface area contributed by atoms with Crippen molar-refractivity contribution in [1.82, 2.24) is 24.3 Å². The molecule has 3 aromatic rings. The minimum Gasteiger partial charge on any atom is -0.356 e. The summed E-state index contributed by atoms with van der Waals surface area (Å²) in [6, 6.07) is 4.13. The van der Waals surface area contributed by atoms with Gasteiger partial charge in [0.05, 0.1) is 0 Å². The zero-order valence-corrected chi connectivity index (χ0v) is 11.8. The van der Waals surface area contributed by atoms with Crippen molar-refractivity contribution < 1.29 is 0 Å². The quantitative estimate of drug-likeness (QED) is 0.716. The molecule has 6 nitrogen and oxygen atoms in total. The number of nitrogens with zero attached hydrogens (tertiary/aromatic N) is 6. The second kappa shape index (κ2) is 4.80. The number of aromatic nitrogens is 5. The van der Waals surface area contributed by atoms with Crippen molar-refractivity contribution in [1.29, 1.82) is 0 Å². The van der Waals surface area contributed by atoms with Gasteiger partial charge >= 0.3 is 0 Å². The molecule has 1 aliphatic heterocycles. The third-order valence-corrected chi connectivity index (χ3v) is 4.05. The Balaban J connectivity index is 1.63. The predicted molar refractivity (Wildman–Crippen MR) is 79.3 cm³/mol. The number of rotatable bonds is 2. The van der Waals surface area contributed by atoms with Crippen LogP contribution >= 0.6 is 0 Å². The summed E-state index contributed by atoms with van der Waals surface area (Å²) in [5.41, 5.74) is 2.27. The van der Waals surface area contributed by atoms with Gasteiger partial charge in [-0.05, 0) is 19.4 Å². The van der Waals surface area contributed by atoms with Crippen LogP contribution in [0.3, 0.4) is 0 Å². The van der Waals surface area contributed by atoms with E-state index in [1.165, 1.54) is 5.69 Å². The van der Waals surface area contributed by atoms with Crippen LogP contribution in [0.25, 0.3) is 5.78 Å². The molecule has 0 radical (unpaired) electrons. The molecule has 21 heavy (non-hydrogen) atoms. The minimum absolute atomic E-state index is 0.472. The van der Waals surface area contributed by atoms with Crippen LogP contribution in [0.5, 0.6) is 0 Å². The van der Waals surface area contributed by atoms with E-state index in [1.54, 1.807) is 12.5 Å². The molecular formula is C15H16N6. The molecule has 4 heterocycles. The normalized spacial score (nSPS) is 18.5. The van der Waals surface area contributed by atoms with E-state index in [0.29, 0.717) is 5.92 Å². The van der Waals surface area contributed by atoms with Crippen LogP contribution in [0.2, 0.25) is 0 Å². The zero-order chi connectivity index (χ0) is 14.2. The van der Waals surface area contributed by atoms with E-state index in [1.807, 2.05) is 25.4 Å². The smallest absolute Gasteiger partial charge is 0.233 e. The monoisotopic (exact) mass is 280 g/mol. The number of hydrogen-bond acceptors (Lipinski definition) is 5. The van der Waals surface area contributed by atoms with Gasteiger partial charge in [-0.25, -0.2) is 19.9 Å². The molecule has 0 amide bonds. The maximum atomic E-state index is 4.39. The van der Waals surface area contributed by atoms with Crippen molar-refractivity contribution in [3.63, 3.8) is 0 Å². The second-order valence-electron chi connectivity index (χ2n) is 5.42. The number of imidazole rings is 1. The molecule has 0 saturated carbocycles. The molecule has 1 aliphatic rings. The van der Waals surface area contributed by atoms with Gasteiger partial charge in [0, 0.05) is 55.1 Å². The summed E-state index contributed by atoms with van der Waals surface area (Å²) in [4.78, 5) is 19.4. The Morgan fingerprint density at radius 3 is 2.95 bits per heavy atom. The van der Waals surface area contributed by atoms with Crippen molar-refractivity contribution in [2.45, 2.75) is 19.3 Å². The van der Waals surface area contributed by atoms with E-state index in [2.05, 4.69) is 35.3 Å². The van der Waals surface area contributed by atoms with E-state index in [9.17, 15) is 0 Å². The molecule has 3 aromatic heterocycles. The number of hydrogen-bond donors (Lipinski definition) is 0. The van der Waals surface area contributed by atoms with Crippen LogP contribution in [0, 0.1) is 6.92 Å². The fourth-order valence-corrected chi connectivity index (χ4v) is 3.01. The topological polar surface area (TPSA) is 59.2 Å². The largest absolute Gasteiger partial charge is 0.356 e. The van der Waals surface area contributed by atoms with Crippen LogP contribution < -0.4 is 4.90 Å². The molecule has 0 aromatic carbocycles. The summed E-state index contributed by atoms with van der Waals surface area (Å²) >= 11 is 0. The molecule has 0 bridgehead atoms. The van der Waals surface area contributed by atoms with Crippen molar-refractivity contribution in [3.05, 3.63) is 48.4 Å². The van der Waals surface area contributed by atoms with Crippen molar-refractivity contribution in [2.24, 2.45) is 0 Å². The van der Waals surface area contributed by atoms with Gasteiger partial charge in [0.25, 0.3) is 0 Å². The maximum absolute atomic E-state index is 4.39. The third-order valence-electron chi connectivity index (χ3n) is 4.05. The molecule has 0 spiro atoms. The van der Waals surface area contributed by atoms with Crippen LogP contribution in [0.4, 0.5) is 5.82 Å². The summed E-state index contributed by atoms with van der Waals surface area (Å²) in [6.45, 7) is 3.98. The molecule has 1 saturated heterocycles. The molecule has 1 atom stereocenters. The second-order valence-corrected chi connectivity index (χ2v) is 5.42. The Morgan fingerprint density at radius 1 is 1.14 bits per heavy atom. The van der Waals surface area contributed by atoms with Gasteiger partial charge in [-0.1, -0.05) is 0 Å². The lowest BCUT2D eigenvalue weighted by atomic mass is 10.0. The van der Waals surface area contributed by atoms with Gasteiger partial charge in [-0.15, -0.1) is 0 Å². The highest BCUT2D eigenvalue weighted by Crippen LogP contribution is 2.29. The standard InChI is InChI=1S/C15H16N6/c1-11-8-14(19-10-18-11)20-6-3-12(9-20)13-2-4-16-15-17-5-7-21(13)15/h2,4-5,7-8,10,12H,3,6,9H2,1H3/t12-/m1/s1. The van der Waals surface area contributed by atoms with Gasteiger partial charge < -0.3 is 4.90 Å². The Morgan fingerprint density at radius 2 is 2.05 bits per heavy atom. The molecule has 1 fully saturated rings. The molecule has 0 aliphatic carbocycles. The molecule has 0 unspecified atom stereocenters. The Hall–Kier alpha value is -2.50. The van der Waals surface area contributed by atoms with Crippen molar-refractivity contribution >= 4 is 11.6 Å². The van der Waals surface area contributed by atoms with Gasteiger partial charge in [0.2, 0.25) is 5.78 Å². The highest BCUT2D eigenvalue weighted by Gasteiger charge is 2.26. The lowest BCUT2D eigenvalue weighted by molar-refractivity contribution is 0.725.